The van der Waals surface area contributed by atoms with Crippen molar-refractivity contribution in [1.29, 1.82) is 0 Å². The molecule has 44 heavy (non-hydrogen) atoms. The SMILES string of the molecule is CC(C)(C)OC(=O)NCCC(=O)Nc1cc(OCC(=O)OCc2ccccc2)cc(NC(=O)CCNC(=O)OC(C)(C)C)n1. The molecule has 0 fully saturated rings. The predicted molar refractivity (Wildman–Crippen MR) is 161 cm³/mol. The fraction of sp³-hybridized carbons (Fsp3) is 0.467. The number of alkyl carbamates (subject to hydrolysis) is 2. The molecule has 0 unspecified atom stereocenters. The fourth-order valence-electron chi connectivity index (χ4n) is 3.23. The summed E-state index contributed by atoms with van der Waals surface area (Å²) in [6, 6.07) is 11.8. The molecular formula is C30H41N5O9. The molecule has 240 valence electrons. The van der Waals surface area contributed by atoms with E-state index in [9.17, 15) is 24.0 Å². The minimum Gasteiger partial charge on any atom is -0.482 e. The number of pyridine rings is 1. The molecule has 1 aromatic carbocycles. The van der Waals surface area contributed by atoms with Crippen molar-refractivity contribution in [3.63, 3.8) is 0 Å². The highest BCUT2D eigenvalue weighted by atomic mass is 16.6. The Kier molecular flexibility index (Phi) is 13.4. The van der Waals surface area contributed by atoms with Gasteiger partial charge in [-0.2, -0.15) is 0 Å². The highest BCUT2D eigenvalue weighted by Crippen LogP contribution is 2.21. The number of amides is 4. The number of hydrogen-bond acceptors (Lipinski definition) is 10. The summed E-state index contributed by atoms with van der Waals surface area (Å²) in [5, 5.41) is 10.1. The molecule has 0 aliphatic rings. The molecule has 0 atom stereocenters. The monoisotopic (exact) mass is 615 g/mol. The van der Waals surface area contributed by atoms with E-state index in [0.717, 1.165) is 5.56 Å². The van der Waals surface area contributed by atoms with E-state index in [1.165, 1.54) is 12.1 Å². The Labute approximate surface area is 256 Å². The van der Waals surface area contributed by atoms with Crippen LogP contribution in [0.15, 0.2) is 42.5 Å². The third-order valence-electron chi connectivity index (χ3n) is 4.97. The van der Waals surface area contributed by atoms with E-state index in [-0.39, 0.29) is 49.9 Å². The van der Waals surface area contributed by atoms with Gasteiger partial charge in [0.25, 0.3) is 0 Å². The molecule has 2 aromatic rings. The van der Waals surface area contributed by atoms with Gasteiger partial charge in [-0.05, 0) is 47.1 Å². The lowest BCUT2D eigenvalue weighted by molar-refractivity contribution is -0.147. The average Bonchev–Trinajstić information content (AvgIpc) is 2.89. The predicted octanol–water partition coefficient (Wildman–Crippen LogP) is 3.91. The number of aromatic nitrogens is 1. The Hall–Kier alpha value is -4.88. The van der Waals surface area contributed by atoms with E-state index in [1.54, 1.807) is 41.5 Å². The van der Waals surface area contributed by atoms with Crippen molar-refractivity contribution in [3.05, 3.63) is 48.0 Å². The maximum atomic E-state index is 12.5. The molecule has 0 aliphatic carbocycles. The molecule has 4 amide bonds. The smallest absolute Gasteiger partial charge is 0.407 e. The number of nitrogens with one attached hydrogen (secondary N) is 4. The number of nitrogens with zero attached hydrogens (tertiary/aromatic N) is 1. The van der Waals surface area contributed by atoms with Crippen molar-refractivity contribution in [2.24, 2.45) is 0 Å². The molecule has 0 saturated heterocycles. The van der Waals surface area contributed by atoms with Crippen LogP contribution in [0, 0.1) is 0 Å². The quantitative estimate of drug-likeness (QED) is 0.190. The number of ether oxygens (including phenoxy) is 4. The normalized spacial score (nSPS) is 11.0. The van der Waals surface area contributed by atoms with Crippen LogP contribution < -0.4 is 26.0 Å². The van der Waals surface area contributed by atoms with Crippen LogP contribution in [0.1, 0.15) is 59.9 Å². The van der Waals surface area contributed by atoms with Crippen molar-refractivity contribution in [2.45, 2.75) is 72.2 Å². The number of carbonyl (C=O) groups is 5. The second-order valence-electron chi connectivity index (χ2n) is 11.5. The van der Waals surface area contributed by atoms with Gasteiger partial charge in [-0.15, -0.1) is 0 Å². The van der Waals surface area contributed by atoms with Gasteiger partial charge in [0.1, 0.15) is 35.2 Å². The minimum absolute atomic E-state index is 0.00155. The summed E-state index contributed by atoms with van der Waals surface area (Å²) in [6.45, 7) is 9.93. The molecule has 0 radical (unpaired) electrons. The molecule has 14 nitrogen and oxygen atoms in total. The zero-order chi connectivity index (χ0) is 32.8. The van der Waals surface area contributed by atoms with Gasteiger partial charge in [-0.3, -0.25) is 9.59 Å². The summed E-state index contributed by atoms with van der Waals surface area (Å²) in [5.74, 6) is -1.47. The number of carbonyl (C=O) groups excluding carboxylic acids is 5. The lowest BCUT2D eigenvalue weighted by atomic mass is 10.2. The first-order chi connectivity index (χ1) is 20.6. The highest BCUT2D eigenvalue weighted by molar-refractivity contribution is 5.92. The zero-order valence-electron chi connectivity index (χ0n) is 25.9. The lowest BCUT2D eigenvalue weighted by Crippen LogP contribution is -2.34. The van der Waals surface area contributed by atoms with Crippen molar-refractivity contribution >= 4 is 41.6 Å². The van der Waals surface area contributed by atoms with Crippen LogP contribution in [-0.4, -0.2) is 65.9 Å². The minimum atomic E-state index is -0.683. The van der Waals surface area contributed by atoms with Gasteiger partial charge >= 0.3 is 18.2 Å². The summed E-state index contributed by atoms with van der Waals surface area (Å²) >= 11 is 0. The number of rotatable bonds is 13. The molecule has 2 rings (SSSR count). The molecule has 0 saturated carbocycles. The van der Waals surface area contributed by atoms with Crippen molar-refractivity contribution in [1.82, 2.24) is 15.6 Å². The van der Waals surface area contributed by atoms with Crippen LogP contribution in [0.4, 0.5) is 21.2 Å². The number of esters is 1. The maximum Gasteiger partial charge on any atom is 0.407 e. The Morgan fingerprint density at radius 3 is 1.66 bits per heavy atom. The van der Waals surface area contributed by atoms with Gasteiger partial charge < -0.3 is 40.2 Å². The van der Waals surface area contributed by atoms with Crippen LogP contribution in [-0.2, 0) is 35.2 Å². The van der Waals surface area contributed by atoms with Crippen molar-refractivity contribution in [3.8, 4) is 5.75 Å². The van der Waals surface area contributed by atoms with E-state index in [4.69, 9.17) is 18.9 Å². The molecular weight excluding hydrogens is 574 g/mol. The second kappa shape index (κ2) is 16.7. The molecule has 0 aliphatic heterocycles. The average molecular weight is 616 g/mol. The van der Waals surface area contributed by atoms with E-state index in [1.807, 2.05) is 30.3 Å². The first kappa shape index (κ1) is 35.3. The number of benzene rings is 1. The maximum absolute atomic E-state index is 12.5. The molecule has 1 aromatic heterocycles. The van der Waals surface area contributed by atoms with Crippen molar-refractivity contribution in [2.75, 3.05) is 30.3 Å². The van der Waals surface area contributed by atoms with Crippen LogP contribution in [0.3, 0.4) is 0 Å². The van der Waals surface area contributed by atoms with E-state index >= 15 is 0 Å². The zero-order valence-corrected chi connectivity index (χ0v) is 25.9. The molecule has 0 spiro atoms. The first-order valence-corrected chi connectivity index (χ1v) is 14.0. The largest absolute Gasteiger partial charge is 0.482 e. The molecule has 4 N–H and O–H groups in total. The van der Waals surface area contributed by atoms with Gasteiger partial charge in [0.2, 0.25) is 11.8 Å². The van der Waals surface area contributed by atoms with Gasteiger partial charge in [0.05, 0.1) is 0 Å². The summed E-state index contributed by atoms with van der Waals surface area (Å²) in [6.07, 6.45) is -1.53. The van der Waals surface area contributed by atoms with Gasteiger partial charge in [0, 0.05) is 38.1 Å². The van der Waals surface area contributed by atoms with Gasteiger partial charge in [-0.1, -0.05) is 30.3 Å². The first-order valence-electron chi connectivity index (χ1n) is 14.0. The third-order valence-corrected chi connectivity index (χ3v) is 4.97. The van der Waals surface area contributed by atoms with Crippen LogP contribution in [0.25, 0.3) is 0 Å². The van der Waals surface area contributed by atoms with Crippen LogP contribution in [0.5, 0.6) is 5.75 Å². The molecule has 0 bridgehead atoms. The Morgan fingerprint density at radius 1 is 0.727 bits per heavy atom. The van der Waals surface area contributed by atoms with E-state index < -0.39 is 47.8 Å². The Balaban J connectivity index is 2.00. The standard InChI is InChI=1S/C30H41N5O9/c1-29(2,3)43-27(39)31-14-12-24(36)34-22-16-21(41-19-26(38)42-18-20-10-8-7-9-11-20)17-23(33-22)35-25(37)13-15-32-28(40)44-30(4,5)6/h7-11,16-17H,12-15,18-19H2,1-6H3,(H,31,39)(H,32,40)(H2,33,34,35,36,37). The van der Waals surface area contributed by atoms with Gasteiger partial charge in [-0.25, -0.2) is 19.4 Å². The Bertz CT molecular complexity index is 1220. The molecule has 14 heteroatoms. The van der Waals surface area contributed by atoms with Gasteiger partial charge in [0.15, 0.2) is 6.61 Å². The lowest BCUT2D eigenvalue weighted by Gasteiger charge is -2.19. The summed E-state index contributed by atoms with van der Waals surface area (Å²) in [4.78, 5) is 65.1. The fourth-order valence-corrected chi connectivity index (χ4v) is 3.23. The third kappa shape index (κ3) is 15.9. The van der Waals surface area contributed by atoms with E-state index in [0.29, 0.717) is 0 Å². The number of hydrogen-bond donors (Lipinski definition) is 4. The summed E-state index contributed by atoms with van der Waals surface area (Å²) in [7, 11) is 0. The second-order valence-corrected chi connectivity index (χ2v) is 11.5. The van der Waals surface area contributed by atoms with E-state index in [2.05, 4.69) is 26.3 Å². The summed E-state index contributed by atoms with van der Waals surface area (Å²) < 4.78 is 21.0. The Morgan fingerprint density at radius 2 is 1.20 bits per heavy atom. The van der Waals surface area contributed by atoms with Crippen LogP contribution in [0.2, 0.25) is 0 Å². The summed E-state index contributed by atoms with van der Waals surface area (Å²) in [5.41, 5.74) is -0.559. The van der Waals surface area contributed by atoms with Crippen LogP contribution >= 0.6 is 0 Å². The number of anilines is 2. The molecule has 1 heterocycles. The topological polar surface area (TPSA) is 183 Å². The highest BCUT2D eigenvalue weighted by Gasteiger charge is 2.18. The van der Waals surface area contributed by atoms with Crippen molar-refractivity contribution < 1.29 is 42.9 Å².